The molecule has 1 atom stereocenters. The van der Waals surface area contributed by atoms with E-state index in [0.29, 0.717) is 11.4 Å². The van der Waals surface area contributed by atoms with Crippen LogP contribution in [0.5, 0.6) is 0 Å². The fourth-order valence-corrected chi connectivity index (χ4v) is 2.38. The van der Waals surface area contributed by atoms with Crippen LogP contribution in [0.15, 0.2) is 52.0 Å². The highest BCUT2D eigenvalue weighted by molar-refractivity contribution is 7.99. The zero-order valence-electron chi connectivity index (χ0n) is 8.60. The number of halogens is 1. The normalized spacial score (nSPS) is 12.6. The van der Waals surface area contributed by atoms with Crippen molar-refractivity contribution < 1.29 is 8.81 Å². The number of furan rings is 1. The lowest BCUT2D eigenvalue weighted by Crippen LogP contribution is -2.08. The van der Waals surface area contributed by atoms with E-state index < -0.39 is 0 Å². The average molecular weight is 237 g/mol. The fourth-order valence-electron chi connectivity index (χ4n) is 1.39. The lowest BCUT2D eigenvalue weighted by atomic mass is 10.3. The Balaban J connectivity index is 2.17. The van der Waals surface area contributed by atoms with Gasteiger partial charge in [-0.3, -0.25) is 0 Å². The van der Waals surface area contributed by atoms with E-state index in [4.69, 9.17) is 10.2 Å². The third-order valence-electron chi connectivity index (χ3n) is 2.18. The molecule has 0 aliphatic rings. The molecule has 2 aromatic rings. The second-order valence-corrected chi connectivity index (χ2v) is 4.53. The first-order chi connectivity index (χ1) is 7.81. The van der Waals surface area contributed by atoms with Crippen LogP contribution < -0.4 is 5.73 Å². The van der Waals surface area contributed by atoms with Crippen molar-refractivity contribution in [2.45, 2.75) is 10.1 Å². The van der Waals surface area contributed by atoms with Gasteiger partial charge in [0, 0.05) is 11.4 Å². The minimum atomic E-state index is -0.225. The molecule has 0 saturated carbocycles. The van der Waals surface area contributed by atoms with Crippen LogP contribution in [-0.2, 0) is 0 Å². The molecule has 1 aromatic carbocycles. The number of rotatable bonds is 4. The number of benzene rings is 1. The molecule has 2 rings (SSSR count). The van der Waals surface area contributed by atoms with Gasteiger partial charge in [-0.15, -0.1) is 11.8 Å². The SMILES string of the molecule is NCC(Sc1ccccc1F)c1ccco1. The summed E-state index contributed by atoms with van der Waals surface area (Å²) in [5, 5.41) is -0.0492. The van der Waals surface area contributed by atoms with E-state index in [0.717, 1.165) is 5.76 Å². The van der Waals surface area contributed by atoms with Crippen LogP contribution in [0.2, 0.25) is 0 Å². The van der Waals surface area contributed by atoms with Crippen molar-refractivity contribution in [1.82, 2.24) is 0 Å². The molecule has 0 bridgehead atoms. The Morgan fingerprint density at radius 3 is 2.69 bits per heavy atom. The second-order valence-electron chi connectivity index (χ2n) is 3.29. The molecule has 0 aliphatic heterocycles. The third-order valence-corrected chi connectivity index (χ3v) is 3.47. The van der Waals surface area contributed by atoms with Crippen LogP contribution in [-0.4, -0.2) is 6.54 Å². The molecule has 0 saturated heterocycles. The minimum absolute atomic E-state index is 0.0492. The number of nitrogens with two attached hydrogens (primary N) is 1. The summed E-state index contributed by atoms with van der Waals surface area (Å²) in [5.41, 5.74) is 5.66. The van der Waals surface area contributed by atoms with Gasteiger partial charge in [0.15, 0.2) is 0 Å². The van der Waals surface area contributed by atoms with Gasteiger partial charge < -0.3 is 10.2 Å². The Hall–Kier alpha value is -1.26. The average Bonchev–Trinajstić information content (AvgIpc) is 2.81. The maximum absolute atomic E-state index is 13.4. The van der Waals surface area contributed by atoms with Gasteiger partial charge in [-0.2, -0.15) is 0 Å². The van der Waals surface area contributed by atoms with Crippen LogP contribution >= 0.6 is 11.8 Å². The third kappa shape index (κ3) is 2.46. The molecule has 16 heavy (non-hydrogen) atoms. The van der Waals surface area contributed by atoms with Crippen molar-refractivity contribution >= 4 is 11.8 Å². The largest absolute Gasteiger partial charge is 0.468 e. The molecule has 1 heterocycles. The summed E-state index contributed by atoms with van der Waals surface area (Å²) >= 11 is 1.38. The minimum Gasteiger partial charge on any atom is -0.468 e. The highest BCUT2D eigenvalue weighted by atomic mass is 32.2. The fraction of sp³-hybridized carbons (Fsp3) is 0.167. The Labute approximate surface area is 97.6 Å². The maximum Gasteiger partial charge on any atom is 0.136 e. The van der Waals surface area contributed by atoms with E-state index in [1.54, 1.807) is 30.5 Å². The van der Waals surface area contributed by atoms with Crippen LogP contribution in [0, 0.1) is 5.82 Å². The highest BCUT2D eigenvalue weighted by Crippen LogP contribution is 2.35. The molecule has 0 amide bonds. The first-order valence-electron chi connectivity index (χ1n) is 4.96. The van der Waals surface area contributed by atoms with Crippen molar-refractivity contribution in [2.75, 3.05) is 6.54 Å². The molecular weight excluding hydrogens is 225 g/mol. The summed E-state index contributed by atoms with van der Waals surface area (Å²) in [7, 11) is 0. The lowest BCUT2D eigenvalue weighted by Gasteiger charge is -2.11. The van der Waals surface area contributed by atoms with Gasteiger partial charge >= 0.3 is 0 Å². The van der Waals surface area contributed by atoms with Crippen LogP contribution in [0.1, 0.15) is 11.0 Å². The van der Waals surface area contributed by atoms with Crippen LogP contribution in [0.3, 0.4) is 0 Å². The van der Waals surface area contributed by atoms with Crippen molar-refractivity contribution in [1.29, 1.82) is 0 Å². The molecule has 0 radical (unpaired) electrons. The zero-order valence-corrected chi connectivity index (χ0v) is 9.41. The smallest absolute Gasteiger partial charge is 0.136 e. The van der Waals surface area contributed by atoms with Crippen molar-refractivity contribution in [3.8, 4) is 0 Å². The van der Waals surface area contributed by atoms with Crippen molar-refractivity contribution in [3.05, 3.63) is 54.2 Å². The van der Waals surface area contributed by atoms with Crippen molar-refractivity contribution in [2.24, 2.45) is 5.73 Å². The van der Waals surface area contributed by atoms with Gasteiger partial charge in [0.1, 0.15) is 11.6 Å². The Bertz CT molecular complexity index is 444. The molecular formula is C12H12FNOS. The van der Waals surface area contributed by atoms with E-state index in [1.165, 1.54) is 17.8 Å². The molecule has 0 fully saturated rings. The van der Waals surface area contributed by atoms with Gasteiger partial charge in [-0.1, -0.05) is 12.1 Å². The number of hydrogen-bond donors (Lipinski definition) is 1. The van der Waals surface area contributed by atoms with E-state index in [2.05, 4.69) is 0 Å². The topological polar surface area (TPSA) is 39.2 Å². The first kappa shape index (κ1) is 11.2. The van der Waals surface area contributed by atoms with E-state index in [9.17, 15) is 4.39 Å². The van der Waals surface area contributed by atoms with Gasteiger partial charge in [-0.25, -0.2) is 4.39 Å². The van der Waals surface area contributed by atoms with Gasteiger partial charge in [-0.05, 0) is 24.3 Å². The Morgan fingerprint density at radius 1 is 1.25 bits per heavy atom. The van der Waals surface area contributed by atoms with E-state index in [1.807, 2.05) is 6.07 Å². The Morgan fingerprint density at radius 2 is 2.06 bits per heavy atom. The quantitative estimate of drug-likeness (QED) is 0.830. The molecule has 0 spiro atoms. The molecule has 4 heteroatoms. The lowest BCUT2D eigenvalue weighted by molar-refractivity contribution is 0.506. The zero-order chi connectivity index (χ0) is 11.4. The molecule has 2 N–H and O–H groups in total. The van der Waals surface area contributed by atoms with E-state index in [-0.39, 0.29) is 11.1 Å². The van der Waals surface area contributed by atoms with Gasteiger partial charge in [0.05, 0.1) is 11.5 Å². The van der Waals surface area contributed by atoms with E-state index >= 15 is 0 Å². The Kier molecular flexibility index (Phi) is 3.64. The molecule has 1 aromatic heterocycles. The van der Waals surface area contributed by atoms with Crippen LogP contribution in [0.25, 0.3) is 0 Å². The maximum atomic E-state index is 13.4. The molecule has 84 valence electrons. The highest BCUT2D eigenvalue weighted by Gasteiger charge is 2.15. The first-order valence-corrected chi connectivity index (χ1v) is 5.84. The summed E-state index contributed by atoms with van der Waals surface area (Å²) < 4.78 is 18.7. The molecule has 0 aliphatic carbocycles. The summed E-state index contributed by atoms with van der Waals surface area (Å²) in [6, 6.07) is 10.3. The number of thioether (sulfide) groups is 1. The molecule has 1 unspecified atom stereocenters. The predicted octanol–water partition coefficient (Wildman–Crippen LogP) is 3.21. The monoisotopic (exact) mass is 237 g/mol. The number of hydrogen-bond acceptors (Lipinski definition) is 3. The molecule has 2 nitrogen and oxygen atoms in total. The second kappa shape index (κ2) is 5.18. The van der Waals surface area contributed by atoms with Gasteiger partial charge in [0.2, 0.25) is 0 Å². The van der Waals surface area contributed by atoms with Gasteiger partial charge in [0.25, 0.3) is 0 Å². The summed E-state index contributed by atoms with van der Waals surface area (Å²) in [4.78, 5) is 0.592. The predicted molar refractivity (Wildman–Crippen MR) is 62.8 cm³/mol. The summed E-state index contributed by atoms with van der Waals surface area (Å²) in [6.45, 7) is 0.409. The summed E-state index contributed by atoms with van der Waals surface area (Å²) in [6.07, 6.45) is 1.60. The summed E-state index contributed by atoms with van der Waals surface area (Å²) in [5.74, 6) is 0.549. The van der Waals surface area contributed by atoms with Crippen molar-refractivity contribution in [3.63, 3.8) is 0 Å². The standard InChI is InChI=1S/C12H12FNOS/c13-9-4-1-2-6-11(9)16-12(8-14)10-5-3-7-15-10/h1-7,12H,8,14H2. The van der Waals surface area contributed by atoms with Crippen LogP contribution in [0.4, 0.5) is 4.39 Å².